The maximum absolute atomic E-state index is 12.7. The molecule has 0 unspecified atom stereocenters. The number of hydrogen-bond acceptors (Lipinski definition) is 5. The fourth-order valence-electron chi connectivity index (χ4n) is 3.03. The lowest BCUT2D eigenvalue weighted by atomic mass is 10.2. The van der Waals surface area contributed by atoms with Crippen LogP contribution in [0.2, 0.25) is 0 Å². The molecular formula is C20H20N6O2S. The maximum Gasteiger partial charge on any atom is 0.323 e. The Hall–Kier alpha value is -3.33. The summed E-state index contributed by atoms with van der Waals surface area (Å²) >= 11 is 1.36. The third-order valence-corrected chi connectivity index (χ3v) is 5.58. The fraction of sp³-hybridized carbons (Fsp3) is 0.200. The van der Waals surface area contributed by atoms with Crippen molar-refractivity contribution >= 4 is 34.4 Å². The zero-order chi connectivity index (χ0) is 20.4. The second-order valence-corrected chi connectivity index (χ2v) is 7.81. The quantitative estimate of drug-likeness (QED) is 0.424. The van der Waals surface area contributed by atoms with Crippen molar-refractivity contribution in [1.82, 2.24) is 24.7 Å². The van der Waals surface area contributed by atoms with Crippen LogP contribution in [0, 0.1) is 0 Å². The van der Waals surface area contributed by atoms with Gasteiger partial charge in [0.05, 0.1) is 16.3 Å². The molecule has 2 heterocycles. The molecule has 4 rings (SSSR count). The number of rotatable bonds is 6. The van der Waals surface area contributed by atoms with E-state index in [4.69, 9.17) is 0 Å². The van der Waals surface area contributed by atoms with Gasteiger partial charge >= 0.3 is 5.69 Å². The van der Waals surface area contributed by atoms with Gasteiger partial charge in [0.1, 0.15) is 0 Å². The molecule has 9 heteroatoms. The number of carbonyl (C=O) groups is 1. The highest BCUT2D eigenvalue weighted by Gasteiger charge is 2.20. The molecule has 0 spiro atoms. The van der Waals surface area contributed by atoms with E-state index < -0.39 is 0 Å². The Morgan fingerprint density at radius 3 is 2.66 bits per heavy atom. The lowest BCUT2D eigenvalue weighted by molar-refractivity contribution is -0.115. The number of aromatic nitrogens is 5. The van der Waals surface area contributed by atoms with Gasteiger partial charge in [0.15, 0.2) is 11.0 Å². The number of amides is 1. The second-order valence-electron chi connectivity index (χ2n) is 6.51. The van der Waals surface area contributed by atoms with E-state index in [0.717, 1.165) is 11.4 Å². The summed E-state index contributed by atoms with van der Waals surface area (Å²) in [6.07, 6.45) is 0. The second kappa shape index (κ2) is 7.96. The summed E-state index contributed by atoms with van der Waals surface area (Å²) < 4.78 is 2.00. The predicted octanol–water partition coefficient (Wildman–Crippen LogP) is 3.25. The molecule has 29 heavy (non-hydrogen) atoms. The minimum atomic E-state index is -0.380. The van der Waals surface area contributed by atoms with Crippen LogP contribution in [0.3, 0.4) is 0 Å². The number of anilines is 1. The Morgan fingerprint density at radius 2 is 1.90 bits per heavy atom. The number of thioether (sulfide) groups is 1. The Bertz CT molecular complexity index is 1210. The number of nitrogens with one attached hydrogen (secondary N) is 3. The van der Waals surface area contributed by atoms with E-state index in [2.05, 4.69) is 25.5 Å². The van der Waals surface area contributed by atoms with E-state index >= 15 is 0 Å². The Labute approximate surface area is 170 Å². The average Bonchev–Trinajstić information content (AvgIpc) is 3.30. The molecule has 148 valence electrons. The minimum Gasteiger partial charge on any atom is -0.325 e. The summed E-state index contributed by atoms with van der Waals surface area (Å²) in [5, 5.41) is 11.8. The molecule has 0 aliphatic heterocycles. The van der Waals surface area contributed by atoms with Gasteiger partial charge in [-0.25, -0.2) is 4.79 Å². The van der Waals surface area contributed by atoms with Crippen LogP contribution in [0.1, 0.15) is 13.8 Å². The van der Waals surface area contributed by atoms with Gasteiger partial charge in [-0.05, 0) is 32.0 Å². The molecule has 0 aliphatic carbocycles. The Balaban J connectivity index is 1.49. The van der Waals surface area contributed by atoms with E-state index in [-0.39, 0.29) is 16.8 Å². The van der Waals surface area contributed by atoms with Crippen molar-refractivity contribution in [2.45, 2.75) is 30.8 Å². The molecule has 8 nitrogen and oxygen atoms in total. The van der Waals surface area contributed by atoms with Crippen LogP contribution < -0.4 is 11.0 Å². The largest absolute Gasteiger partial charge is 0.325 e. The van der Waals surface area contributed by atoms with Gasteiger partial charge < -0.3 is 19.9 Å². The number of benzene rings is 2. The highest BCUT2D eigenvalue weighted by Crippen LogP contribution is 2.27. The number of imidazole rings is 1. The van der Waals surface area contributed by atoms with Gasteiger partial charge in [0, 0.05) is 17.8 Å². The number of carbonyl (C=O) groups excluding carboxylic acids is 1. The molecule has 1 atom stereocenters. The van der Waals surface area contributed by atoms with Crippen LogP contribution in [-0.4, -0.2) is 35.9 Å². The first-order chi connectivity index (χ1) is 14.0. The van der Waals surface area contributed by atoms with Crippen LogP contribution >= 0.6 is 11.8 Å². The topological polar surface area (TPSA) is 108 Å². The molecule has 0 bridgehead atoms. The number of hydrogen-bond donors (Lipinski definition) is 3. The molecule has 2 aromatic carbocycles. The third kappa shape index (κ3) is 3.95. The van der Waals surface area contributed by atoms with Gasteiger partial charge in [-0.2, -0.15) is 0 Å². The van der Waals surface area contributed by atoms with Crippen LogP contribution in [0.4, 0.5) is 5.69 Å². The lowest BCUT2D eigenvalue weighted by Crippen LogP contribution is -2.23. The zero-order valence-electron chi connectivity index (χ0n) is 16.0. The zero-order valence-corrected chi connectivity index (χ0v) is 16.8. The highest BCUT2D eigenvalue weighted by molar-refractivity contribution is 8.00. The standard InChI is InChI=1S/C20H20N6O2S/c1-3-26-17(13-7-5-4-6-8-13)24-25-20(26)29-12(2)18(27)21-14-9-10-15-16(11-14)23-19(28)22-15/h4-12H,3H2,1-2H3,(H,21,27)(H2,22,23,28)/t12-/m1/s1. The van der Waals surface area contributed by atoms with E-state index in [1.807, 2.05) is 48.7 Å². The molecule has 0 saturated carbocycles. The van der Waals surface area contributed by atoms with Gasteiger partial charge in [-0.3, -0.25) is 4.79 Å². The van der Waals surface area contributed by atoms with Crippen molar-refractivity contribution in [3.63, 3.8) is 0 Å². The lowest BCUT2D eigenvalue weighted by Gasteiger charge is -2.13. The maximum atomic E-state index is 12.7. The molecule has 0 fully saturated rings. The predicted molar refractivity (Wildman–Crippen MR) is 114 cm³/mol. The van der Waals surface area contributed by atoms with E-state index in [9.17, 15) is 9.59 Å². The number of nitrogens with zero attached hydrogens (tertiary/aromatic N) is 3. The van der Waals surface area contributed by atoms with Crippen molar-refractivity contribution in [1.29, 1.82) is 0 Å². The molecule has 0 aliphatic rings. The summed E-state index contributed by atoms with van der Waals surface area (Å²) in [4.78, 5) is 29.4. The third-order valence-electron chi connectivity index (χ3n) is 4.50. The molecule has 3 N–H and O–H groups in total. The highest BCUT2D eigenvalue weighted by atomic mass is 32.2. The minimum absolute atomic E-state index is 0.154. The van der Waals surface area contributed by atoms with Gasteiger partial charge in [0.2, 0.25) is 5.91 Å². The van der Waals surface area contributed by atoms with Crippen molar-refractivity contribution < 1.29 is 4.79 Å². The first kappa shape index (κ1) is 19.0. The molecule has 0 radical (unpaired) electrons. The molecule has 2 aromatic heterocycles. The summed E-state index contributed by atoms with van der Waals surface area (Å²) in [6, 6.07) is 15.1. The molecule has 4 aromatic rings. The summed E-state index contributed by atoms with van der Waals surface area (Å²) in [6.45, 7) is 4.55. The van der Waals surface area contributed by atoms with Crippen molar-refractivity contribution in [2.75, 3.05) is 5.32 Å². The van der Waals surface area contributed by atoms with Gasteiger partial charge in [-0.1, -0.05) is 42.1 Å². The first-order valence-electron chi connectivity index (χ1n) is 9.23. The summed E-state index contributed by atoms with van der Waals surface area (Å²) in [5.74, 6) is 0.629. The molecule has 1 amide bonds. The van der Waals surface area contributed by atoms with Crippen molar-refractivity contribution in [2.24, 2.45) is 0 Å². The van der Waals surface area contributed by atoms with Crippen LogP contribution in [0.25, 0.3) is 22.4 Å². The molecular weight excluding hydrogens is 388 g/mol. The smallest absolute Gasteiger partial charge is 0.323 e. The summed E-state index contributed by atoms with van der Waals surface area (Å²) in [7, 11) is 0. The SMILES string of the molecule is CCn1c(S[C@H](C)C(=O)Nc2ccc3[nH]c(=O)[nH]c3c2)nnc1-c1ccccc1. The number of fused-ring (bicyclic) bond motifs is 1. The molecule has 0 saturated heterocycles. The van der Waals surface area contributed by atoms with E-state index in [1.165, 1.54) is 11.8 Å². The first-order valence-corrected chi connectivity index (χ1v) is 10.1. The van der Waals surface area contributed by atoms with Gasteiger partial charge in [-0.15, -0.1) is 10.2 Å². The van der Waals surface area contributed by atoms with Crippen molar-refractivity contribution in [3.8, 4) is 11.4 Å². The fourth-order valence-corrected chi connectivity index (χ4v) is 3.94. The Morgan fingerprint density at radius 1 is 1.14 bits per heavy atom. The average molecular weight is 408 g/mol. The van der Waals surface area contributed by atoms with Crippen LogP contribution in [0.15, 0.2) is 58.5 Å². The summed E-state index contributed by atoms with van der Waals surface area (Å²) in [5.41, 5.74) is 2.67. The number of H-pyrrole nitrogens is 2. The van der Waals surface area contributed by atoms with Crippen LogP contribution in [0.5, 0.6) is 0 Å². The number of aromatic amines is 2. The van der Waals surface area contributed by atoms with Gasteiger partial charge in [0.25, 0.3) is 0 Å². The normalized spacial score (nSPS) is 12.2. The van der Waals surface area contributed by atoms with Crippen molar-refractivity contribution in [3.05, 3.63) is 59.0 Å². The monoisotopic (exact) mass is 408 g/mol. The van der Waals surface area contributed by atoms with Crippen LogP contribution in [-0.2, 0) is 11.3 Å². The Kier molecular flexibility index (Phi) is 5.22. The van der Waals surface area contributed by atoms with E-state index in [0.29, 0.717) is 28.4 Å². The van der Waals surface area contributed by atoms with E-state index in [1.54, 1.807) is 18.2 Å².